The lowest BCUT2D eigenvalue weighted by Gasteiger charge is -2.14. The van der Waals surface area contributed by atoms with E-state index in [0.717, 1.165) is 29.8 Å². The van der Waals surface area contributed by atoms with E-state index >= 15 is 0 Å². The monoisotopic (exact) mass is 494 g/mol. The van der Waals surface area contributed by atoms with Crippen molar-refractivity contribution in [2.75, 3.05) is 0 Å². The van der Waals surface area contributed by atoms with Crippen molar-refractivity contribution in [2.45, 2.75) is 58.5 Å². The van der Waals surface area contributed by atoms with Gasteiger partial charge >= 0.3 is 5.69 Å². The minimum atomic E-state index is -0.408. The van der Waals surface area contributed by atoms with Crippen molar-refractivity contribution in [2.24, 2.45) is 5.16 Å². The average molecular weight is 495 g/mol. The van der Waals surface area contributed by atoms with Crippen LogP contribution < -0.4 is 11.2 Å². The summed E-state index contributed by atoms with van der Waals surface area (Å²) in [6, 6.07) is 8.19. The number of hydrogen-bond donors (Lipinski definition) is 2. The number of aromatic amines is 2. The van der Waals surface area contributed by atoms with Crippen LogP contribution >= 0.6 is 11.6 Å². The van der Waals surface area contributed by atoms with Gasteiger partial charge in [0.2, 0.25) is 5.28 Å². The molecule has 1 aliphatic rings. The standard InChI is InChI=1S/C25H27ClN6O3/c1-2-3-12-31-22-21(28-24(26)29-22)23(33)32(25(31)34)13-6-7-18-11-10-17(30-35-18)14-16-15-27-20-9-5-4-8-19(16)20/h4-5,8-9,11,15,27H,2-3,6-7,10,12-14H2,1H3,(H,28,29). The lowest BCUT2D eigenvalue weighted by Crippen LogP contribution is -2.40. The number of nitrogens with one attached hydrogen (secondary N) is 2. The maximum Gasteiger partial charge on any atom is 0.332 e. The molecule has 4 heterocycles. The molecule has 0 radical (unpaired) electrons. The van der Waals surface area contributed by atoms with Crippen molar-refractivity contribution in [1.82, 2.24) is 24.1 Å². The van der Waals surface area contributed by atoms with E-state index in [2.05, 4.69) is 32.2 Å². The van der Waals surface area contributed by atoms with Gasteiger partial charge in [-0.3, -0.25) is 13.9 Å². The van der Waals surface area contributed by atoms with Gasteiger partial charge in [-0.25, -0.2) is 4.79 Å². The fourth-order valence-corrected chi connectivity index (χ4v) is 4.62. The van der Waals surface area contributed by atoms with Gasteiger partial charge < -0.3 is 14.8 Å². The van der Waals surface area contributed by atoms with Crippen molar-refractivity contribution in [3.63, 3.8) is 0 Å². The Balaban J connectivity index is 1.23. The van der Waals surface area contributed by atoms with Gasteiger partial charge in [0.25, 0.3) is 5.56 Å². The van der Waals surface area contributed by atoms with E-state index in [1.807, 2.05) is 31.3 Å². The van der Waals surface area contributed by atoms with Crippen LogP contribution in [0.5, 0.6) is 0 Å². The lowest BCUT2D eigenvalue weighted by molar-refractivity contribution is 0.206. The lowest BCUT2D eigenvalue weighted by atomic mass is 10.0. The number of nitrogens with zero attached hydrogens (tertiary/aromatic N) is 4. The van der Waals surface area contributed by atoms with Crippen LogP contribution in [-0.4, -0.2) is 29.8 Å². The molecule has 5 rings (SSSR count). The molecule has 2 N–H and O–H groups in total. The number of benzene rings is 1. The SMILES string of the molecule is CCCCn1c(=O)n(CCCC2=CCC(Cc3c[nH]c4ccccc34)=NO2)c(=O)c2[nH]c(Cl)nc21. The molecule has 4 aromatic rings. The first-order valence-electron chi connectivity index (χ1n) is 11.9. The highest BCUT2D eigenvalue weighted by atomic mass is 35.5. The number of para-hydroxylation sites is 1. The molecule has 0 spiro atoms. The van der Waals surface area contributed by atoms with Gasteiger partial charge in [0.1, 0.15) is 5.76 Å². The molecule has 10 heteroatoms. The van der Waals surface area contributed by atoms with E-state index in [0.29, 0.717) is 37.9 Å². The van der Waals surface area contributed by atoms with Crippen LogP contribution in [-0.2, 0) is 24.3 Å². The summed E-state index contributed by atoms with van der Waals surface area (Å²) in [5.41, 5.74) is 3.04. The molecule has 0 aliphatic carbocycles. The number of aromatic nitrogens is 5. The van der Waals surface area contributed by atoms with Crippen LogP contribution in [0.2, 0.25) is 5.28 Å². The maximum absolute atomic E-state index is 13.0. The van der Waals surface area contributed by atoms with Crippen LogP contribution in [0.3, 0.4) is 0 Å². The number of oxime groups is 1. The predicted molar refractivity (Wildman–Crippen MR) is 137 cm³/mol. The Hall–Kier alpha value is -3.59. The minimum absolute atomic E-state index is 0.0987. The maximum atomic E-state index is 13.0. The molecule has 0 bridgehead atoms. The van der Waals surface area contributed by atoms with Crippen molar-refractivity contribution in [1.29, 1.82) is 0 Å². The zero-order valence-electron chi connectivity index (χ0n) is 19.5. The van der Waals surface area contributed by atoms with Crippen LogP contribution in [0.25, 0.3) is 22.1 Å². The number of rotatable bonds is 9. The molecule has 0 atom stereocenters. The van der Waals surface area contributed by atoms with Crippen molar-refractivity contribution < 1.29 is 4.84 Å². The Morgan fingerprint density at radius 3 is 2.77 bits per heavy atom. The third-order valence-electron chi connectivity index (χ3n) is 6.30. The van der Waals surface area contributed by atoms with Gasteiger partial charge in [0.15, 0.2) is 11.2 Å². The summed E-state index contributed by atoms with van der Waals surface area (Å²) in [6.45, 7) is 2.79. The second-order valence-electron chi connectivity index (χ2n) is 8.73. The van der Waals surface area contributed by atoms with Gasteiger partial charge in [0, 0.05) is 49.5 Å². The van der Waals surface area contributed by atoms with Gasteiger partial charge in [-0.15, -0.1) is 0 Å². The van der Waals surface area contributed by atoms with E-state index in [9.17, 15) is 9.59 Å². The van der Waals surface area contributed by atoms with E-state index < -0.39 is 5.56 Å². The summed E-state index contributed by atoms with van der Waals surface area (Å²) in [5.74, 6) is 0.748. The molecule has 0 fully saturated rings. The molecule has 3 aromatic heterocycles. The Morgan fingerprint density at radius 1 is 1.14 bits per heavy atom. The highest BCUT2D eigenvalue weighted by Crippen LogP contribution is 2.21. The molecule has 182 valence electrons. The summed E-state index contributed by atoms with van der Waals surface area (Å²) >= 11 is 5.99. The molecule has 0 amide bonds. The van der Waals surface area contributed by atoms with Crippen LogP contribution in [0.1, 0.15) is 44.6 Å². The Labute approximate surface area is 206 Å². The Kier molecular flexibility index (Phi) is 6.59. The van der Waals surface area contributed by atoms with E-state index in [1.165, 1.54) is 20.1 Å². The number of aryl methyl sites for hydroxylation is 1. The molecule has 1 aliphatic heterocycles. The molecular weight excluding hydrogens is 468 g/mol. The summed E-state index contributed by atoms with van der Waals surface area (Å²) in [5, 5.41) is 5.61. The number of H-pyrrole nitrogens is 2. The molecular formula is C25H27ClN6O3. The fraction of sp³-hybridized carbons (Fsp3) is 0.360. The van der Waals surface area contributed by atoms with Gasteiger partial charge in [-0.05, 0) is 42.1 Å². The first-order valence-corrected chi connectivity index (χ1v) is 12.3. The number of unbranched alkanes of at least 4 members (excludes halogenated alkanes) is 1. The first kappa shape index (κ1) is 23.2. The number of hydrogen-bond acceptors (Lipinski definition) is 5. The van der Waals surface area contributed by atoms with Crippen LogP contribution in [0.4, 0.5) is 0 Å². The smallest absolute Gasteiger partial charge is 0.332 e. The van der Waals surface area contributed by atoms with E-state index in [4.69, 9.17) is 16.4 Å². The van der Waals surface area contributed by atoms with Gasteiger partial charge in [-0.1, -0.05) is 36.7 Å². The topological polar surface area (TPSA) is 110 Å². The molecule has 35 heavy (non-hydrogen) atoms. The average Bonchev–Trinajstić information content (AvgIpc) is 3.46. The Morgan fingerprint density at radius 2 is 1.97 bits per heavy atom. The number of halogens is 1. The zero-order chi connectivity index (χ0) is 24.4. The predicted octanol–water partition coefficient (Wildman–Crippen LogP) is 4.50. The molecule has 9 nitrogen and oxygen atoms in total. The largest absolute Gasteiger partial charge is 0.362 e. The number of fused-ring (bicyclic) bond motifs is 2. The zero-order valence-corrected chi connectivity index (χ0v) is 20.3. The van der Waals surface area contributed by atoms with Gasteiger partial charge in [0.05, 0.1) is 5.71 Å². The third-order valence-corrected chi connectivity index (χ3v) is 6.48. The third kappa shape index (κ3) is 4.68. The van der Waals surface area contributed by atoms with Crippen molar-refractivity contribution in [3.05, 3.63) is 74.0 Å². The molecule has 0 saturated heterocycles. The summed E-state index contributed by atoms with van der Waals surface area (Å²) in [7, 11) is 0. The normalized spacial score (nSPS) is 13.8. The number of allylic oxidation sites excluding steroid dienone is 2. The molecule has 1 aromatic carbocycles. The van der Waals surface area contributed by atoms with E-state index in [1.54, 1.807) is 0 Å². The molecule has 0 unspecified atom stereocenters. The molecule has 0 saturated carbocycles. The highest BCUT2D eigenvalue weighted by Gasteiger charge is 2.17. The van der Waals surface area contributed by atoms with Crippen LogP contribution in [0, 0.1) is 0 Å². The second kappa shape index (κ2) is 9.95. The fourth-order valence-electron chi connectivity index (χ4n) is 4.44. The minimum Gasteiger partial charge on any atom is -0.362 e. The van der Waals surface area contributed by atoms with E-state index in [-0.39, 0.29) is 23.0 Å². The highest BCUT2D eigenvalue weighted by molar-refractivity contribution is 6.29. The Bertz CT molecular complexity index is 1550. The summed E-state index contributed by atoms with van der Waals surface area (Å²) < 4.78 is 2.78. The van der Waals surface area contributed by atoms with Crippen LogP contribution in [0.15, 0.2) is 57.0 Å². The first-order chi connectivity index (χ1) is 17.0. The van der Waals surface area contributed by atoms with Gasteiger partial charge in [-0.2, -0.15) is 4.98 Å². The number of imidazole rings is 1. The van der Waals surface area contributed by atoms with Crippen molar-refractivity contribution >= 4 is 39.4 Å². The second-order valence-corrected chi connectivity index (χ2v) is 9.09. The summed E-state index contributed by atoms with van der Waals surface area (Å²) in [6.07, 6.45) is 8.32. The quantitative estimate of drug-likeness (QED) is 0.334. The summed E-state index contributed by atoms with van der Waals surface area (Å²) in [4.78, 5) is 41.8. The van der Waals surface area contributed by atoms with Crippen molar-refractivity contribution in [3.8, 4) is 0 Å².